The van der Waals surface area contributed by atoms with Crippen molar-refractivity contribution in [3.8, 4) is 5.75 Å². The molecule has 2 atom stereocenters. The van der Waals surface area contributed by atoms with Crippen molar-refractivity contribution in [1.82, 2.24) is 5.32 Å². The number of amides is 1. The lowest BCUT2D eigenvalue weighted by atomic mass is 9.92. The van der Waals surface area contributed by atoms with Crippen LogP contribution in [0.4, 0.5) is 32.0 Å². The molecule has 3 N–H and O–H groups in total. The van der Waals surface area contributed by atoms with E-state index in [2.05, 4.69) is 9.47 Å². The average molecular weight is 504 g/mol. The first-order valence-corrected chi connectivity index (χ1v) is 9.47. The predicted octanol–water partition coefficient (Wildman–Crippen LogP) is 2.38. The van der Waals surface area contributed by atoms with Crippen LogP contribution in [0, 0.1) is 0 Å². The number of anilines is 1. The van der Waals surface area contributed by atoms with Crippen LogP contribution < -0.4 is 15.4 Å². The molecule has 192 valence electrons. The van der Waals surface area contributed by atoms with Crippen molar-refractivity contribution in [2.75, 3.05) is 25.6 Å². The van der Waals surface area contributed by atoms with Crippen LogP contribution in [-0.2, 0) is 29.5 Å². The Labute approximate surface area is 189 Å². The Morgan fingerprint density at radius 3 is 1.88 bits per heavy atom. The third kappa shape index (κ3) is 5.46. The Bertz CT molecular complexity index is 921. The molecule has 0 saturated heterocycles. The van der Waals surface area contributed by atoms with Gasteiger partial charge in [-0.1, -0.05) is 6.07 Å². The van der Waals surface area contributed by atoms with Crippen molar-refractivity contribution in [1.29, 1.82) is 0 Å². The molecule has 15 heteroatoms. The summed E-state index contributed by atoms with van der Waals surface area (Å²) in [5.74, 6) is -6.08. The second-order valence-corrected chi connectivity index (χ2v) is 6.62. The maximum absolute atomic E-state index is 14.1. The van der Waals surface area contributed by atoms with Gasteiger partial charge in [0.1, 0.15) is 5.75 Å². The van der Waals surface area contributed by atoms with Crippen LogP contribution in [0.15, 0.2) is 18.2 Å². The van der Waals surface area contributed by atoms with Crippen molar-refractivity contribution in [3.63, 3.8) is 0 Å². The highest BCUT2D eigenvalue weighted by Crippen LogP contribution is 2.43. The number of carbonyl (C=O) groups is 3. The van der Waals surface area contributed by atoms with Gasteiger partial charge in [0.15, 0.2) is 0 Å². The van der Waals surface area contributed by atoms with Gasteiger partial charge in [0.05, 0.1) is 26.0 Å². The minimum Gasteiger partial charge on any atom is -0.495 e. The third-order valence-electron chi connectivity index (χ3n) is 4.29. The lowest BCUT2D eigenvalue weighted by Gasteiger charge is -2.36. The molecule has 0 heterocycles. The van der Waals surface area contributed by atoms with E-state index in [-0.39, 0.29) is 0 Å². The zero-order valence-electron chi connectivity index (χ0n) is 18.3. The van der Waals surface area contributed by atoms with Crippen LogP contribution in [0.1, 0.15) is 26.3 Å². The molecule has 0 fully saturated rings. The molecule has 0 aromatic heterocycles. The minimum atomic E-state index is -5.66. The summed E-state index contributed by atoms with van der Waals surface area (Å²) in [6, 6.07) is 1.56. The molecule has 0 saturated carbocycles. The van der Waals surface area contributed by atoms with E-state index in [0.29, 0.717) is 25.1 Å². The van der Waals surface area contributed by atoms with Gasteiger partial charge in [0, 0.05) is 12.5 Å². The van der Waals surface area contributed by atoms with Gasteiger partial charge in [-0.2, -0.15) is 26.3 Å². The van der Waals surface area contributed by atoms with Crippen molar-refractivity contribution in [3.05, 3.63) is 23.8 Å². The van der Waals surface area contributed by atoms with Crippen LogP contribution >= 0.6 is 0 Å². The Morgan fingerprint density at radius 1 is 0.941 bits per heavy atom. The molecule has 34 heavy (non-hydrogen) atoms. The fourth-order valence-electron chi connectivity index (χ4n) is 2.76. The molecule has 0 aliphatic rings. The summed E-state index contributed by atoms with van der Waals surface area (Å²) < 4.78 is 96.8. The zero-order chi connectivity index (χ0) is 26.5. The molecular weight excluding hydrogens is 482 g/mol. The monoisotopic (exact) mass is 504 g/mol. The van der Waals surface area contributed by atoms with Crippen LogP contribution in [0.2, 0.25) is 0 Å². The second-order valence-electron chi connectivity index (χ2n) is 6.62. The molecular formula is C19H22F6N2O7. The molecule has 0 aliphatic carbocycles. The first-order chi connectivity index (χ1) is 15.5. The fraction of sp³-hybridized carbons (Fsp3) is 0.526. The van der Waals surface area contributed by atoms with Gasteiger partial charge < -0.3 is 30.0 Å². The van der Waals surface area contributed by atoms with E-state index in [4.69, 9.17) is 4.74 Å². The van der Waals surface area contributed by atoms with E-state index in [9.17, 15) is 45.8 Å². The van der Waals surface area contributed by atoms with Gasteiger partial charge in [-0.25, -0.2) is 9.59 Å². The highest BCUT2D eigenvalue weighted by Gasteiger charge is 2.65. The number of methoxy groups -OCH3 is 1. The molecule has 9 nitrogen and oxygen atoms in total. The standard InChI is InChI=1S/C19H22F6N2O7/c1-5-33-14(29)16(31,18(20,21)22)11-7-8-13(32-4)12(9-11)27-17(19(23,24)25,26-10(3)28)15(30)34-6-2/h7-9,27,31H,5-6H2,1-4H3,(H,26,28)/t16-,17-/m0/s1. The number of halogens is 6. The highest BCUT2D eigenvalue weighted by atomic mass is 19.4. The SMILES string of the molecule is CCOC(=O)[C@](NC(C)=O)(Nc1cc([C@](O)(C(=O)OCC)C(F)(F)F)ccc1OC)C(F)(F)F. The van der Waals surface area contributed by atoms with E-state index < -0.39 is 71.7 Å². The lowest BCUT2D eigenvalue weighted by Crippen LogP contribution is -2.69. The molecule has 1 amide bonds. The fourth-order valence-corrected chi connectivity index (χ4v) is 2.76. The Hall–Kier alpha value is -3.23. The molecule has 0 spiro atoms. The number of nitrogens with one attached hydrogen (secondary N) is 2. The summed E-state index contributed by atoms with van der Waals surface area (Å²) in [4.78, 5) is 35.9. The molecule has 1 aromatic carbocycles. The maximum atomic E-state index is 14.1. The molecule has 1 rings (SSSR count). The van der Waals surface area contributed by atoms with E-state index >= 15 is 0 Å². The minimum absolute atomic E-state index is 0.296. The smallest absolute Gasteiger partial charge is 0.441 e. The van der Waals surface area contributed by atoms with E-state index in [1.54, 1.807) is 5.32 Å². The number of rotatable bonds is 9. The first kappa shape index (κ1) is 28.8. The summed E-state index contributed by atoms with van der Waals surface area (Å²) >= 11 is 0. The summed E-state index contributed by atoms with van der Waals surface area (Å²) in [5.41, 5.74) is -10.5. The predicted molar refractivity (Wildman–Crippen MR) is 102 cm³/mol. The quantitative estimate of drug-likeness (QED) is 0.266. The van der Waals surface area contributed by atoms with E-state index in [1.165, 1.54) is 19.2 Å². The Balaban J connectivity index is 3.86. The number of benzene rings is 1. The zero-order valence-corrected chi connectivity index (χ0v) is 18.3. The number of hydrogen-bond donors (Lipinski definition) is 3. The molecule has 0 unspecified atom stereocenters. The van der Waals surface area contributed by atoms with Crippen LogP contribution in [-0.4, -0.2) is 61.3 Å². The van der Waals surface area contributed by atoms with Gasteiger partial charge >= 0.3 is 30.0 Å². The van der Waals surface area contributed by atoms with Crippen molar-refractivity contribution >= 4 is 23.5 Å². The van der Waals surface area contributed by atoms with Gasteiger partial charge in [0.25, 0.3) is 5.60 Å². The van der Waals surface area contributed by atoms with Crippen molar-refractivity contribution in [2.24, 2.45) is 0 Å². The first-order valence-electron chi connectivity index (χ1n) is 9.47. The second kappa shape index (κ2) is 10.4. The van der Waals surface area contributed by atoms with Gasteiger partial charge in [-0.3, -0.25) is 4.79 Å². The summed E-state index contributed by atoms with van der Waals surface area (Å²) in [7, 11) is 0.944. The lowest BCUT2D eigenvalue weighted by molar-refractivity contribution is -0.267. The molecule has 1 aromatic rings. The molecule has 0 bridgehead atoms. The number of alkyl halides is 6. The molecule has 0 aliphatic heterocycles. The number of hydrogen-bond acceptors (Lipinski definition) is 8. The van der Waals surface area contributed by atoms with Crippen molar-refractivity contribution in [2.45, 2.75) is 44.4 Å². The topological polar surface area (TPSA) is 123 Å². The van der Waals surface area contributed by atoms with Crippen molar-refractivity contribution < 1.29 is 60.0 Å². The van der Waals surface area contributed by atoms with Crippen LogP contribution in [0.3, 0.4) is 0 Å². The molecule has 0 radical (unpaired) electrons. The number of ether oxygens (including phenoxy) is 3. The summed E-state index contributed by atoms with van der Waals surface area (Å²) in [5, 5.41) is 13.2. The van der Waals surface area contributed by atoms with Gasteiger partial charge in [-0.15, -0.1) is 0 Å². The normalized spacial score (nSPS) is 15.4. The largest absolute Gasteiger partial charge is 0.495 e. The van der Waals surface area contributed by atoms with E-state index in [0.717, 1.165) is 7.11 Å². The third-order valence-corrected chi connectivity index (χ3v) is 4.29. The summed E-state index contributed by atoms with van der Waals surface area (Å²) in [6.07, 6.45) is -11.3. The number of carbonyl (C=O) groups excluding carboxylic acids is 3. The van der Waals surface area contributed by atoms with E-state index in [1.807, 2.05) is 0 Å². The summed E-state index contributed by atoms with van der Waals surface area (Å²) in [6.45, 7) is 1.89. The number of esters is 2. The highest BCUT2D eigenvalue weighted by molar-refractivity contribution is 5.91. The average Bonchev–Trinajstić information content (AvgIpc) is 2.70. The maximum Gasteiger partial charge on any atom is 0.441 e. The Kier molecular flexibility index (Phi) is 8.78. The van der Waals surface area contributed by atoms with Crippen LogP contribution in [0.5, 0.6) is 5.75 Å². The van der Waals surface area contributed by atoms with Crippen LogP contribution in [0.25, 0.3) is 0 Å². The number of aliphatic hydroxyl groups is 1. The van der Waals surface area contributed by atoms with Gasteiger partial charge in [0.2, 0.25) is 5.91 Å². The van der Waals surface area contributed by atoms with Gasteiger partial charge in [-0.05, 0) is 26.0 Å². The Morgan fingerprint density at radius 2 is 1.47 bits per heavy atom.